The van der Waals surface area contributed by atoms with E-state index in [0.717, 1.165) is 35.5 Å². The van der Waals surface area contributed by atoms with Crippen LogP contribution in [0.3, 0.4) is 0 Å². The molecule has 0 amide bonds. The minimum atomic E-state index is 0.388. The lowest BCUT2D eigenvalue weighted by Crippen LogP contribution is -2.36. The molecule has 0 saturated heterocycles. The van der Waals surface area contributed by atoms with Crippen molar-refractivity contribution in [2.75, 3.05) is 11.9 Å². The largest absolute Gasteiger partial charge is 0.300 e. The van der Waals surface area contributed by atoms with Crippen LogP contribution in [0.5, 0.6) is 0 Å². The van der Waals surface area contributed by atoms with Gasteiger partial charge in [-0.05, 0) is 50.5 Å². The second-order valence-electron chi connectivity index (χ2n) is 7.79. The summed E-state index contributed by atoms with van der Waals surface area (Å²) in [7, 11) is 1.73. The summed E-state index contributed by atoms with van der Waals surface area (Å²) in [5, 5.41) is 18.3. The van der Waals surface area contributed by atoms with Crippen molar-refractivity contribution in [3.8, 4) is 0 Å². The second kappa shape index (κ2) is 10.9. The summed E-state index contributed by atoms with van der Waals surface area (Å²) in [4.78, 5) is 6.22. The minimum Gasteiger partial charge on any atom is -0.300 e. The summed E-state index contributed by atoms with van der Waals surface area (Å²) >= 11 is 6.02. The van der Waals surface area contributed by atoms with Crippen molar-refractivity contribution in [1.29, 1.82) is 10.8 Å². The molecule has 0 aromatic heterocycles. The van der Waals surface area contributed by atoms with Crippen molar-refractivity contribution >= 4 is 34.7 Å². The van der Waals surface area contributed by atoms with Gasteiger partial charge in [0.1, 0.15) is 11.7 Å². The van der Waals surface area contributed by atoms with Crippen LogP contribution in [0.2, 0.25) is 5.02 Å². The minimum absolute atomic E-state index is 0.388. The lowest BCUT2D eigenvalue weighted by atomic mass is 9.99. The highest BCUT2D eigenvalue weighted by molar-refractivity contribution is 6.30. The van der Waals surface area contributed by atoms with E-state index in [0.29, 0.717) is 23.0 Å². The van der Waals surface area contributed by atoms with Gasteiger partial charge in [-0.2, -0.15) is 0 Å². The number of rotatable bonds is 7. The normalized spacial score (nSPS) is 11.3. The Kier molecular flexibility index (Phi) is 7.96. The van der Waals surface area contributed by atoms with Crippen LogP contribution in [-0.4, -0.2) is 24.4 Å². The average molecular weight is 445 g/mol. The fourth-order valence-corrected chi connectivity index (χ4v) is 3.72. The summed E-state index contributed by atoms with van der Waals surface area (Å²) in [6, 6.07) is 23.5. The maximum atomic E-state index is 8.84. The van der Waals surface area contributed by atoms with Gasteiger partial charge >= 0.3 is 0 Å². The van der Waals surface area contributed by atoms with Crippen molar-refractivity contribution in [2.24, 2.45) is 4.99 Å². The average Bonchev–Trinajstić information content (AvgIpc) is 2.81. The highest BCUT2D eigenvalue weighted by atomic mass is 35.5. The lowest BCUT2D eigenvalue weighted by molar-refractivity contribution is 0.855. The molecule has 3 rings (SSSR count). The molecule has 0 radical (unpaired) electrons. The van der Waals surface area contributed by atoms with Crippen molar-refractivity contribution in [1.82, 2.24) is 0 Å². The van der Waals surface area contributed by atoms with Crippen LogP contribution in [0.25, 0.3) is 0 Å². The van der Waals surface area contributed by atoms with E-state index in [1.807, 2.05) is 48.2 Å². The van der Waals surface area contributed by atoms with Crippen LogP contribution in [0.15, 0.2) is 77.8 Å². The molecule has 5 heteroatoms. The zero-order chi connectivity index (χ0) is 23.1. The van der Waals surface area contributed by atoms with Crippen LogP contribution in [0.1, 0.15) is 42.0 Å². The summed E-state index contributed by atoms with van der Waals surface area (Å²) in [6.07, 6.45) is 2.40. The second-order valence-corrected chi connectivity index (χ2v) is 8.23. The molecule has 0 atom stereocenters. The van der Waals surface area contributed by atoms with E-state index >= 15 is 0 Å². The highest BCUT2D eigenvalue weighted by Crippen LogP contribution is 2.26. The van der Waals surface area contributed by atoms with Crippen LogP contribution in [-0.2, 0) is 6.42 Å². The molecule has 3 aromatic rings. The van der Waals surface area contributed by atoms with Crippen molar-refractivity contribution in [3.05, 3.63) is 100 Å². The van der Waals surface area contributed by atoms with E-state index in [1.54, 1.807) is 19.2 Å². The van der Waals surface area contributed by atoms with Gasteiger partial charge in [0.05, 0.1) is 11.4 Å². The maximum Gasteiger partial charge on any atom is 0.106 e. The monoisotopic (exact) mass is 444 g/mol. The topological polar surface area (TPSA) is 63.3 Å². The van der Waals surface area contributed by atoms with Crippen molar-refractivity contribution in [2.45, 2.75) is 33.1 Å². The van der Waals surface area contributed by atoms with Crippen LogP contribution in [0.4, 0.5) is 5.69 Å². The smallest absolute Gasteiger partial charge is 0.106 e. The third-order valence-electron chi connectivity index (χ3n) is 5.46. The van der Waals surface area contributed by atoms with Gasteiger partial charge in [0.15, 0.2) is 0 Å². The van der Waals surface area contributed by atoms with Crippen LogP contribution in [0, 0.1) is 17.7 Å². The van der Waals surface area contributed by atoms with Crippen molar-refractivity contribution < 1.29 is 0 Å². The molecular formula is C27H29ClN4. The molecule has 0 aliphatic carbocycles. The number of hydrogen-bond acceptors (Lipinski definition) is 3. The Labute approximate surface area is 195 Å². The van der Waals surface area contributed by atoms with Crippen molar-refractivity contribution in [3.63, 3.8) is 0 Å². The molecule has 32 heavy (non-hydrogen) atoms. The predicted molar refractivity (Wildman–Crippen MR) is 137 cm³/mol. The van der Waals surface area contributed by atoms with E-state index in [4.69, 9.17) is 22.4 Å². The number of para-hydroxylation sites is 1. The Bertz CT molecular complexity index is 1120. The van der Waals surface area contributed by atoms with Gasteiger partial charge in [-0.1, -0.05) is 71.8 Å². The van der Waals surface area contributed by atoms with Gasteiger partial charge in [0, 0.05) is 29.6 Å². The summed E-state index contributed by atoms with van der Waals surface area (Å²) in [6.45, 7) is 3.99. The van der Waals surface area contributed by atoms with Gasteiger partial charge in [0.2, 0.25) is 0 Å². The number of anilines is 1. The Morgan fingerprint density at radius 2 is 1.59 bits per heavy atom. The molecule has 4 nitrogen and oxygen atoms in total. The number of nitrogens with zero attached hydrogens (tertiary/aromatic N) is 2. The molecule has 2 N–H and O–H groups in total. The number of benzene rings is 3. The molecule has 0 aliphatic heterocycles. The molecule has 3 aromatic carbocycles. The molecule has 0 bridgehead atoms. The summed E-state index contributed by atoms with van der Waals surface area (Å²) in [5.41, 5.74) is 5.23. The third kappa shape index (κ3) is 5.71. The first-order valence-corrected chi connectivity index (χ1v) is 11.1. The highest BCUT2D eigenvalue weighted by Gasteiger charge is 2.20. The first-order valence-electron chi connectivity index (χ1n) is 10.7. The molecular weight excluding hydrogens is 416 g/mol. The number of aliphatic imine (C=N–C) groups is 1. The standard InChI is InChI=1S/C27H29ClN4/c1-19-11-13-21(14-12-19)7-6-10-26(29)32(20(2)31-3)25-9-5-4-8-24(25)27(30)22-15-17-23(28)18-16-22/h4-5,8-9,11-18,29-30H,6-7,10H2,1-3H3. The van der Waals surface area contributed by atoms with E-state index in [1.165, 1.54) is 11.1 Å². The third-order valence-corrected chi connectivity index (χ3v) is 5.72. The zero-order valence-corrected chi connectivity index (χ0v) is 19.6. The van der Waals surface area contributed by atoms with Crippen LogP contribution < -0.4 is 4.90 Å². The molecule has 0 spiro atoms. The summed E-state index contributed by atoms with van der Waals surface area (Å²) < 4.78 is 0. The Balaban J connectivity index is 1.84. The molecule has 0 unspecified atom stereocenters. The quantitative estimate of drug-likeness (QED) is 0.301. The van der Waals surface area contributed by atoms with E-state index in [9.17, 15) is 0 Å². The van der Waals surface area contributed by atoms with E-state index < -0.39 is 0 Å². The first kappa shape index (κ1) is 23.4. The first-order chi connectivity index (χ1) is 15.4. The number of nitrogens with one attached hydrogen (secondary N) is 2. The number of halogens is 1. The molecule has 0 aliphatic rings. The summed E-state index contributed by atoms with van der Waals surface area (Å²) in [5.74, 6) is 1.19. The fourth-order valence-electron chi connectivity index (χ4n) is 3.59. The van der Waals surface area contributed by atoms with Crippen LogP contribution >= 0.6 is 11.6 Å². The van der Waals surface area contributed by atoms with Gasteiger partial charge in [-0.25, -0.2) is 0 Å². The van der Waals surface area contributed by atoms with Gasteiger partial charge in [-0.3, -0.25) is 20.7 Å². The number of amidine groups is 2. The molecule has 0 saturated carbocycles. The van der Waals surface area contributed by atoms with Gasteiger partial charge < -0.3 is 0 Å². The van der Waals surface area contributed by atoms with E-state index in [-0.39, 0.29) is 0 Å². The molecule has 0 fully saturated rings. The van der Waals surface area contributed by atoms with Gasteiger partial charge in [-0.15, -0.1) is 0 Å². The van der Waals surface area contributed by atoms with Gasteiger partial charge in [0.25, 0.3) is 0 Å². The zero-order valence-electron chi connectivity index (χ0n) is 18.8. The lowest BCUT2D eigenvalue weighted by Gasteiger charge is -2.27. The Morgan fingerprint density at radius 3 is 2.25 bits per heavy atom. The Morgan fingerprint density at radius 1 is 0.938 bits per heavy atom. The Hall–Kier alpha value is -3.24. The number of aryl methyl sites for hydroxylation is 2. The molecule has 0 heterocycles. The maximum absolute atomic E-state index is 8.84. The fraction of sp³-hybridized carbons (Fsp3) is 0.222. The SMILES string of the molecule is CN=C(C)N(C(=N)CCCc1ccc(C)cc1)c1ccccc1C(=N)c1ccc(Cl)cc1. The number of hydrogen-bond donors (Lipinski definition) is 2. The van der Waals surface area contributed by atoms with E-state index in [2.05, 4.69) is 36.2 Å². The molecule has 164 valence electrons. The predicted octanol–water partition coefficient (Wildman–Crippen LogP) is 6.92.